The van der Waals surface area contributed by atoms with Crippen LogP contribution in [0, 0.1) is 0 Å². The smallest absolute Gasteiger partial charge is 0.203 e. The van der Waals surface area contributed by atoms with Crippen LogP contribution in [0.5, 0.6) is 0 Å². The Morgan fingerprint density at radius 2 is 1.05 bits per heavy atom. The van der Waals surface area contributed by atoms with Gasteiger partial charge in [-0.3, -0.25) is 9.59 Å². The van der Waals surface area contributed by atoms with Crippen LogP contribution in [0.3, 0.4) is 0 Å². The number of hydrogen-bond donors (Lipinski definition) is 2. The molecule has 0 aromatic rings. The van der Waals surface area contributed by atoms with Gasteiger partial charge in [-0.15, -0.1) is 0 Å². The molecule has 108 valence electrons. The maximum atomic E-state index is 12.1. The summed E-state index contributed by atoms with van der Waals surface area (Å²) < 4.78 is 0. The fourth-order valence-corrected chi connectivity index (χ4v) is 3.37. The van der Waals surface area contributed by atoms with Gasteiger partial charge in [-0.25, -0.2) is 0 Å². The number of carbonyl (C=O) groups is 2. The predicted octanol–water partition coefficient (Wildman–Crippen LogP) is 1.97. The van der Waals surface area contributed by atoms with Crippen molar-refractivity contribution in [3.8, 4) is 0 Å². The van der Waals surface area contributed by atoms with Gasteiger partial charge in [-0.05, 0) is 25.7 Å². The zero-order chi connectivity index (χ0) is 13.9. The van der Waals surface area contributed by atoms with E-state index >= 15 is 0 Å². The quantitative estimate of drug-likeness (QED) is 0.770. The van der Waals surface area contributed by atoms with Gasteiger partial charge >= 0.3 is 0 Å². The highest BCUT2D eigenvalue weighted by Crippen LogP contribution is 2.22. The summed E-state index contributed by atoms with van der Waals surface area (Å²) in [6.45, 7) is 0. The topological polar surface area (TPSA) is 58.2 Å². The summed E-state index contributed by atoms with van der Waals surface area (Å²) in [5.74, 6) is -0.144. The lowest BCUT2D eigenvalue weighted by molar-refractivity contribution is -0.115. The molecule has 0 amide bonds. The van der Waals surface area contributed by atoms with Crippen LogP contribution >= 0.6 is 0 Å². The van der Waals surface area contributed by atoms with Gasteiger partial charge in [0.25, 0.3) is 0 Å². The SMILES string of the molecule is O=C1C=C(NC2CCCC2)C(=O)C=C1NC1CCCC1. The van der Waals surface area contributed by atoms with E-state index in [1.807, 2.05) is 0 Å². The van der Waals surface area contributed by atoms with E-state index in [1.165, 1.54) is 37.8 Å². The minimum Gasteiger partial charge on any atom is -0.379 e. The van der Waals surface area contributed by atoms with Gasteiger partial charge in [0.05, 0.1) is 11.4 Å². The highest BCUT2D eigenvalue weighted by molar-refractivity contribution is 6.19. The third kappa shape index (κ3) is 2.94. The molecule has 0 aliphatic heterocycles. The van der Waals surface area contributed by atoms with E-state index in [2.05, 4.69) is 10.6 Å². The molecule has 20 heavy (non-hydrogen) atoms. The molecule has 0 radical (unpaired) electrons. The molecule has 0 heterocycles. The minimum absolute atomic E-state index is 0.0722. The van der Waals surface area contributed by atoms with Gasteiger partial charge in [0.1, 0.15) is 0 Å². The molecule has 0 atom stereocenters. The van der Waals surface area contributed by atoms with Crippen molar-refractivity contribution in [2.75, 3.05) is 0 Å². The summed E-state index contributed by atoms with van der Waals surface area (Å²) >= 11 is 0. The Labute approximate surface area is 119 Å². The molecule has 2 N–H and O–H groups in total. The molecule has 3 rings (SSSR count). The van der Waals surface area contributed by atoms with Crippen LogP contribution < -0.4 is 10.6 Å². The molecular formula is C16H22N2O2. The van der Waals surface area contributed by atoms with Crippen LogP contribution in [0.2, 0.25) is 0 Å². The van der Waals surface area contributed by atoms with Crippen LogP contribution in [0.1, 0.15) is 51.4 Å². The second-order valence-corrected chi connectivity index (χ2v) is 6.10. The molecule has 3 aliphatic carbocycles. The number of hydrogen-bond acceptors (Lipinski definition) is 4. The number of rotatable bonds is 4. The van der Waals surface area contributed by atoms with Crippen molar-refractivity contribution in [2.45, 2.75) is 63.5 Å². The Balaban J connectivity index is 1.62. The van der Waals surface area contributed by atoms with Gasteiger partial charge in [-0.2, -0.15) is 0 Å². The molecule has 4 heteroatoms. The number of nitrogens with one attached hydrogen (secondary N) is 2. The van der Waals surface area contributed by atoms with E-state index in [-0.39, 0.29) is 11.6 Å². The van der Waals surface area contributed by atoms with E-state index in [0.29, 0.717) is 23.5 Å². The van der Waals surface area contributed by atoms with Crippen LogP contribution in [0.15, 0.2) is 23.5 Å². The third-order valence-corrected chi connectivity index (χ3v) is 4.51. The second kappa shape index (κ2) is 5.81. The maximum Gasteiger partial charge on any atom is 0.203 e. The minimum atomic E-state index is -0.0722. The molecule has 0 aromatic heterocycles. The summed E-state index contributed by atoms with van der Waals surface area (Å²) in [6.07, 6.45) is 12.1. The molecule has 4 nitrogen and oxygen atoms in total. The largest absolute Gasteiger partial charge is 0.379 e. The molecule has 2 fully saturated rings. The average Bonchev–Trinajstić information content (AvgIpc) is 3.08. The molecule has 0 bridgehead atoms. The fraction of sp³-hybridized carbons (Fsp3) is 0.625. The molecule has 3 aliphatic rings. The first-order valence-electron chi connectivity index (χ1n) is 7.77. The van der Waals surface area contributed by atoms with Crippen molar-refractivity contribution in [1.82, 2.24) is 10.6 Å². The molecule has 0 unspecified atom stereocenters. The molecule has 0 aromatic carbocycles. The zero-order valence-electron chi connectivity index (χ0n) is 11.8. The van der Waals surface area contributed by atoms with E-state index in [0.717, 1.165) is 25.7 Å². The van der Waals surface area contributed by atoms with Gasteiger partial charge in [0, 0.05) is 24.2 Å². The lowest BCUT2D eigenvalue weighted by atomic mass is 10.0. The molecular weight excluding hydrogens is 252 g/mol. The monoisotopic (exact) mass is 274 g/mol. The van der Waals surface area contributed by atoms with Gasteiger partial charge in [-0.1, -0.05) is 25.7 Å². The maximum absolute atomic E-state index is 12.1. The first-order valence-corrected chi connectivity index (χ1v) is 7.77. The Morgan fingerprint density at radius 1 is 0.700 bits per heavy atom. The Hall–Kier alpha value is -1.58. The van der Waals surface area contributed by atoms with Crippen molar-refractivity contribution in [1.29, 1.82) is 0 Å². The van der Waals surface area contributed by atoms with Gasteiger partial charge < -0.3 is 10.6 Å². The van der Waals surface area contributed by atoms with Crippen LogP contribution in [-0.2, 0) is 9.59 Å². The molecule has 2 saturated carbocycles. The van der Waals surface area contributed by atoms with Gasteiger partial charge in [0.15, 0.2) is 0 Å². The van der Waals surface area contributed by atoms with E-state index in [9.17, 15) is 9.59 Å². The van der Waals surface area contributed by atoms with Crippen LogP contribution in [0.4, 0.5) is 0 Å². The van der Waals surface area contributed by atoms with Crippen LogP contribution in [0.25, 0.3) is 0 Å². The van der Waals surface area contributed by atoms with Crippen molar-refractivity contribution in [2.24, 2.45) is 0 Å². The standard InChI is InChI=1S/C16H22N2O2/c19-15-10-14(18-12-7-3-4-8-12)16(20)9-13(15)17-11-5-1-2-6-11/h9-12,17-18H,1-8H2. The van der Waals surface area contributed by atoms with E-state index in [4.69, 9.17) is 0 Å². The first kappa shape index (κ1) is 13.4. The highest BCUT2D eigenvalue weighted by atomic mass is 16.1. The summed E-state index contributed by atoms with van der Waals surface area (Å²) in [5.41, 5.74) is 0.942. The third-order valence-electron chi connectivity index (χ3n) is 4.51. The summed E-state index contributed by atoms with van der Waals surface area (Å²) in [6, 6.07) is 0.714. The lowest BCUT2D eigenvalue weighted by Gasteiger charge is -2.20. The van der Waals surface area contributed by atoms with Crippen molar-refractivity contribution in [3.05, 3.63) is 23.5 Å². The summed E-state index contributed by atoms with van der Waals surface area (Å²) in [5, 5.41) is 6.46. The van der Waals surface area contributed by atoms with Crippen LogP contribution in [-0.4, -0.2) is 23.7 Å². The first-order chi connectivity index (χ1) is 9.72. The Bertz CT molecular complexity index is 423. The number of ketones is 2. The van der Waals surface area contributed by atoms with Crippen molar-refractivity contribution >= 4 is 11.6 Å². The predicted molar refractivity (Wildman–Crippen MR) is 77.0 cm³/mol. The van der Waals surface area contributed by atoms with Crippen molar-refractivity contribution in [3.63, 3.8) is 0 Å². The Morgan fingerprint density at radius 3 is 1.40 bits per heavy atom. The zero-order valence-corrected chi connectivity index (χ0v) is 11.8. The molecule has 0 spiro atoms. The molecule has 0 saturated heterocycles. The Kier molecular flexibility index (Phi) is 3.90. The fourth-order valence-electron chi connectivity index (χ4n) is 3.37. The number of allylic oxidation sites excluding steroid dienone is 2. The van der Waals surface area contributed by atoms with E-state index < -0.39 is 0 Å². The lowest BCUT2D eigenvalue weighted by Crippen LogP contribution is -2.36. The van der Waals surface area contributed by atoms with Gasteiger partial charge in [0.2, 0.25) is 11.6 Å². The number of carbonyl (C=O) groups excluding carboxylic acids is 2. The second-order valence-electron chi connectivity index (χ2n) is 6.10. The highest BCUT2D eigenvalue weighted by Gasteiger charge is 2.25. The normalized spacial score (nSPS) is 24.8. The summed E-state index contributed by atoms with van der Waals surface area (Å²) in [7, 11) is 0. The van der Waals surface area contributed by atoms with Crippen molar-refractivity contribution < 1.29 is 9.59 Å². The average molecular weight is 274 g/mol. The summed E-state index contributed by atoms with van der Waals surface area (Å²) in [4.78, 5) is 24.2. The van der Waals surface area contributed by atoms with E-state index in [1.54, 1.807) is 0 Å².